The van der Waals surface area contributed by atoms with E-state index in [2.05, 4.69) is 5.10 Å². The smallest absolute Gasteiger partial charge is 0.350 e. The van der Waals surface area contributed by atoms with Gasteiger partial charge >= 0.3 is 5.69 Å². The highest BCUT2D eigenvalue weighted by Crippen LogP contribution is 2.28. The van der Waals surface area contributed by atoms with Gasteiger partial charge in [-0.05, 0) is 38.0 Å². The minimum absolute atomic E-state index is 0.00734. The van der Waals surface area contributed by atoms with Crippen LogP contribution in [0.2, 0.25) is 0 Å². The lowest BCUT2D eigenvalue weighted by Crippen LogP contribution is -2.40. The molecule has 2 aromatic heterocycles. The minimum atomic E-state index is -0.179. The first kappa shape index (κ1) is 17.3. The summed E-state index contributed by atoms with van der Waals surface area (Å²) < 4.78 is 8.38. The third-order valence-electron chi connectivity index (χ3n) is 5.09. The van der Waals surface area contributed by atoms with Crippen LogP contribution in [0, 0.1) is 6.92 Å². The summed E-state index contributed by atoms with van der Waals surface area (Å²) in [7, 11) is 1.66. The summed E-state index contributed by atoms with van der Waals surface area (Å²) in [6.07, 6.45) is 3.27. The molecule has 0 radical (unpaired) electrons. The van der Waals surface area contributed by atoms with Crippen LogP contribution in [0.4, 0.5) is 0 Å². The number of aryl methyl sites for hydroxylation is 2. The number of nitrogens with zero attached hydrogens (tertiary/aromatic N) is 4. The van der Waals surface area contributed by atoms with Crippen molar-refractivity contribution in [2.45, 2.75) is 25.7 Å². The molecule has 1 aromatic carbocycles. The Kier molecular flexibility index (Phi) is 4.43. The van der Waals surface area contributed by atoms with Crippen LogP contribution in [0.3, 0.4) is 0 Å². The summed E-state index contributed by atoms with van der Waals surface area (Å²) in [5, 5.41) is 4.49. The lowest BCUT2D eigenvalue weighted by Gasteiger charge is -2.32. The van der Waals surface area contributed by atoms with E-state index in [4.69, 9.17) is 4.42 Å². The molecule has 4 rings (SSSR count). The molecule has 140 valence electrons. The molecular weight excluding hydrogens is 344 g/mol. The Morgan fingerprint density at radius 2 is 2.00 bits per heavy atom. The number of piperidine rings is 1. The van der Waals surface area contributed by atoms with Crippen LogP contribution in [-0.2, 0) is 7.05 Å². The van der Waals surface area contributed by atoms with E-state index < -0.39 is 0 Å². The third-order valence-corrected chi connectivity index (χ3v) is 5.09. The van der Waals surface area contributed by atoms with E-state index in [1.807, 2.05) is 37.3 Å². The Morgan fingerprint density at radius 1 is 1.22 bits per heavy atom. The topological polar surface area (TPSA) is 73.3 Å². The molecule has 0 unspecified atom stereocenters. The van der Waals surface area contributed by atoms with Gasteiger partial charge in [-0.15, -0.1) is 0 Å². The predicted molar refractivity (Wildman–Crippen MR) is 100 cm³/mol. The molecule has 1 fully saturated rings. The molecule has 3 heterocycles. The van der Waals surface area contributed by atoms with Crippen molar-refractivity contribution < 1.29 is 9.21 Å². The summed E-state index contributed by atoms with van der Waals surface area (Å²) >= 11 is 0. The fourth-order valence-corrected chi connectivity index (χ4v) is 3.68. The second-order valence-electron chi connectivity index (χ2n) is 6.96. The number of para-hydroxylation sites is 1. The Bertz CT molecular complexity index is 1020. The van der Waals surface area contributed by atoms with E-state index in [-0.39, 0.29) is 17.5 Å². The molecule has 1 saturated heterocycles. The molecule has 0 bridgehead atoms. The van der Waals surface area contributed by atoms with Crippen molar-refractivity contribution in [1.82, 2.24) is 19.2 Å². The van der Waals surface area contributed by atoms with Crippen LogP contribution in [0.5, 0.6) is 0 Å². The van der Waals surface area contributed by atoms with Crippen LogP contribution in [0.15, 0.2) is 51.9 Å². The molecule has 0 spiro atoms. The van der Waals surface area contributed by atoms with Gasteiger partial charge < -0.3 is 9.32 Å². The monoisotopic (exact) mass is 366 g/mol. The molecule has 1 aliphatic heterocycles. The zero-order valence-corrected chi connectivity index (χ0v) is 15.5. The Balaban J connectivity index is 1.66. The zero-order valence-electron chi connectivity index (χ0n) is 15.5. The van der Waals surface area contributed by atoms with Crippen LogP contribution >= 0.6 is 0 Å². The number of amides is 1. The molecule has 0 N–H and O–H groups in total. The van der Waals surface area contributed by atoms with E-state index in [9.17, 15) is 9.59 Å². The summed E-state index contributed by atoms with van der Waals surface area (Å²) in [6, 6.07) is 11.3. The maximum Gasteiger partial charge on any atom is 0.350 e. The molecule has 1 atom stereocenters. The number of hydrogen-bond donors (Lipinski definition) is 0. The number of benzene rings is 1. The second-order valence-corrected chi connectivity index (χ2v) is 6.96. The van der Waals surface area contributed by atoms with Crippen LogP contribution in [0.25, 0.3) is 5.69 Å². The quantitative estimate of drug-likeness (QED) is 0.714. The van der Waals surface area contributed by atoms with E-state index in [1.54, 1.807) is 22.6 Å². The highest BCUT2D eigenvalue weighted by molar-refractivity contribution is 5.92. The van der Waals surface area contributed by atoms with Crippen LogP contribution in [0.1, 0.15) is 40.7 Å². The average molecular weight is 366 g/mol. The number of likely N-dealkylation sites (tertiary alicyclic amines) is 1. The van der Waals surface area contributed by atoms with Gasteiger partial charge in [-0.3, -0.25) is 4.79 Å². The molecule has 1 aliphatic rings. The Labute approximate surface area is 156 Å². The van der Waals surface area contributed by atoms with Crippen molar-refractivity contribution in [3.8, 4) is 5.69 Å². The van der Waals surface area contributed by atoms with E-state index >= 15 is 0 Å². The van der Waals surface area contributed by atoms with Crippen LogP contribution < -0.4 is 5.69 Å². The van der Waals surface area contributed by atoms with Gasteiger partial charge in [0.25, 0.3) is 5.91 Å². The number of furan rings is 1. The fourth-order valence-electron chi connectivity index (χ4n) is 3.68. The first-order chi connectivity index (χ1) is 13.1. The Hall–Kier alpha value is -3.09. The standard InChI is InChI=1S/C20H22N4O3/c1-14-10-12-27-17(14)19(25)23-11-6-7-15(13-23)18-21-22(2)20(26)24(18)16-8-4-3-5-9-16/h3-5,8-10,12,15H,6-7,11,13H2,1-2H3/t15-/m0/s1. The van der Waals surface area contributed by atoms with Gasteiger partial charge in [0.1, 0.15) is 5.82 Å². The molecule has 7 heteroatoms. The second kappa shape index (κ2) is 6.90. The van der Waals surface area contributed by atoms with E-state index in [1.165, 1.54) is 10.9 Å². The fraction of sp³-hybridized carbons (Fsp3) is 0.350. The molecule has 1 amide bonds. The number of hydrogen-bond acceptors (Lipinski definition) is 4. The predicted octanol–water partition coefficient (Wildman–Crippen LogP) is 2.49. The third kappa shape index (κ3) is 3.09. The number of carbonyl (C=O) groups excluding carboxylic acids is 1. The van der Waals surface area contributed by atoms with Crippen LogP contribution in [-0.4, -0.2) is 38.2 Å². The van der Waals surface area contributed by atoms with Gasteiger partial charge in [-0.2, -0.15) is 5.10 Å². The zero-order chi connectivity index (χ0) is 19.0. The maximum absolute atomic E-state index is 12.8. The van der Waals surface area contributed by atoms with Crippen molar-refractivity contribution in [3.63, 3.8) is 0 Å². The number of rotatable bonds is 3. The largest absolute Gasteiger partial charge is 0.459 e. The molecule has 7 nitrogen and oxygen atoms in total. The van der Waals surface area contributed by atoms with E-state index in [0.717, 1.165) is 24.1 Å². The van der Waals surface area contributed by atoms with E-state index in [0.29, 0.717) is 24.7 Å². The Morgan fingerprint density at radius 3 is 2.70 bits per heavy atom. The number of aromatic nitrogens is 3. The summed E-state index contributed by atoms with van der Waals surface area (Å²) in [6.45, 7) is 3.06. The highest BCUT2D eigenvalue weighted by atomic mass is 16.3. The van der Waals surface area contributed by atoms with Crippen molar-refractivity contribution in [1.29, 1.82) is 0 Å². The summed E-state index contributed by atoms with van der Waals surface area (Å²) in [4.78, 5) is 27.3. The minimum Gasteiger partial charge on any atom is -0.459 e. The summed E-state index contributed by atoms with van der Waals surface area (Å²) in [5.74, 6) is 0.971. The summed E-state index contributed by atoms with van der Waals surface area (Å²) in [5.41, 5.74) is 1.44. The molecular formula is C20H22N4O3. The van der Waals surface area contributed by atoms with Gasteiger partial charge in [0.05, 0.1) is 12.0 Å². The van der Waals surface area contributed by atoms with Gasteiger partial charge in [0, 0.05) is 31.6 Å². The van der Waals surface area contributed by atoms with Crippen molar-refractivity contribution >= 4 is 5.91 Å². The van der Waals surface area contributed by atoms with Crippen molar-refractivity contribution in [2.75, 3.05) is 13.1 Å². The van der Waals surface area contributed by atoms with Gasteiger partial charge in [0.2, 0.25) is 0 Å². The molecule has 0 saturated carbocycles. The van der Waals surface area contributed by atoms with Gasteiger partial charge in [-0.25, -0.2) is 14.0 Å². The first-order valence-corrected chi connectivity index (χ1v) is 9.11. The highest BCUT2D eigenvalue weighted by Gasteiger charge is 2.31. The number of carbonyl (C=O) groups is 1. The van der Waals surface area contributed by atoms with Gasteiger partial charge in [0.15, 0.2) is 5.76 Å². The molecule has 27 heavy (non-hydrogen) atoms. The lowest BCUT2D eigenvalue weighted by molar-refractivity contribution is 0.0670. The van der Waals surface area contributed by atoms with Crippen molar-refractivity contribution in [3.05, 3.63) is 70.3 Å². The normalized spacial score (nSPS) is 17.3. The van der Waals surface area contributed by atoms with Crippen molar-refractivity contribution in [2.24, 2.45) is 7.05 Å². The average Bonchev–Trinajstić information content (AvgIpc) is 3.25. The SMILES string of the molecule is Cc1ccoc1C(=O)N1CCC[C@H](c2nn(C)c(=O)n2-c2ccccc2)C1. The lowest BCUT2D eigenvalue weighted by atomic mass is 9.96. The van der Waals surface area contributed by atoms with Gasteiger partial charge in [-0.1, -0.05) is 18.2 Å². The molecule has 3 aromatic rings. The molecule has 0 aliphatic carbocycles. The first-order valence-electron chi connectivity index (χ1n) is 9.11. The maximum atomic E-state index is 12.8.